The number of halogens is 2. The van der Waals surface area contributed by atoms with Crippen molar-refractivity contribution in [3.05, 3.63) is 84.2 Å². The number of aliphatic hydroxyl groups is 1. The van der Waals surface area contributed by atoms with Crippen molar-refractivity contribution in [3.8, 4) is 0 Å². The molecule has 0 unspecified atom stereocenters. The number of carbonyl (C=O) groups excluding carboxylic acids is 1. The topological polar surface area (TPSA) is 98.7 Å². The van der Waals surface area contributed by atoms with Crippen LogP contribution in [-0.2, 0) is 19.2 Å². The van der Waals surface area contributed by atoms with Gasteiger partial charge in [-0.15, -0.1) is 22.0 Å². The standard InChI is InChI=1S/C24H24F2N6O2S2/c1-15(22(33)17-4-7-19(8-5-17)36-23-30-28-14-31(23)3)35-16(2)24(34,11-32-13-27-12-29-32)20-9-6-18(25)10-21(20)26/h4-10,12-16,34H,11H2,1-3H3/t15-,16-,24-/m1/s1. The number of aryl methyl sites for hydroxylation is 1. The third-order valence-electron chi connectivity index (χ3n) is 5.73. The summed E-state index contributed by atoms with van der Waals surface area (Å²) in [6.45, 7) is 3.32. The largest absolute Gasteiger partial charge is 0.382 e. The molecule has 4 rings (SSSR count). The average molecular weight is 531 g/mol. The monoisotopic (exact) mass is 530 g/mol. The summed E-state index contributed by atoms with van der Waals surface area (Å²) in [5.74, 6) is -1.76. The highest BCUT2D eigenvalue weighted by Gasteiger charge is 2.41. The molecular weight excluding hydrogens is 506 g/mol. The summed E-state index contributed by atoms with van der Waals surface area (Å²) in [5.41, 5.74) is -1.36. The lowest BCUT2D eigenvalue weighted by Gasteiger charge is -2.35. The van der Waals surface area contributed by atoms with Crippen LogP contribution >= 0.6 is 23.5 Å². The normalized spacial score (nSPS) is 14.8. The van der Waals surface area contributed by atoms with Crippen LogP contribution in [0.4, 0.5) is 8.78 Å². The fourth-order valence-electron chi connectivity index (χ4n) is 3.71. The van der Waals surface area contributed by atoms with E-state index in [1.54, 1.807) is 36.9 Å². The predicted octanol–water partition coefficient (Wildman–Crippen LogP) is 4.12. The molecule has 36 heavy (non-hydrogen) atoms. The summed E-state index contributed by atoms with van der Waals surface area (Å²) in [6.07, 6.45) is 4.32. The number of hydrogen-bond acceptors (Lipinski definition) is 8. The van der Waals surface area contributed by atoms with E-state index in [4.69, 9.17) is 0 Å². The summed E-state index contributed by atoms with van der Waals surface area (Å²) in [4.78, 5) is 18.0. The summed E-state index contributed by atoms with van der Waals surface area (Å²) in [7, 11) is 1.85. The smallest absolute Gasteiger partial charge is 0.195 e. The van der Waals surface area contributed by atoms with Crippen LogP contribution in [0.1, 0.15) is 29.8 Å². The first-order valence-corrected chi connectivity index (χ1v) is 12.7. The van der Waals surface area contributed by atoms with Gasteiger partial charge in [0, 0.05) is 34.4 Å². The number of aromatic nitrogens is 6. The molecule has 0 saturated heterocycles. The van der Waals surface area contributed by atoms with Gasteiger partial charge in [0.2, 0.25) is 0 Å². The van der Waals surface area contributed by atoms with Crippen LogP contribution in [0.2, 0.25) is 0 Å². The summed E-state index contributed by atoms with van der Waals surface area (Å²) < 4.78 is 31.5. The Kier molecular flexibility index (Phi) is 7.86. The second-order valence-electron chi connectivity index (χ2n) is 8.28. The molecule has 0 aliphatic heterocycles. The van der Waals surface area contributed by atoms with E-state index >= 15 is 0 Å². The van der Waals surface area contributed by atoms with Crippen molar-refractivity contribution >= 4 is 29.3 Å². The van der Waals surface area contributed by atoms with Gasteiger partial charge in [-0.2, -0.15) is 5.10 Å². The van der Waals surface area contributed by atoms with Crippen LogP contribution in [0.3, 0.4) is 0 Å². The molecule has 0 aliphatic rings. The van der Waals surface area contributed by atoms with Crippen LogP contribution in [-0.4, -0.2) is 50.9 Å². The van der Waals surface area contributed by atoms with Crippen LogP contribution in [0, 0.1) is 11.6 Å². The van der Waals surface area contributed by atoms with E-state index in [0.29, 0.717) is 5.56 Å². The van der Waals surface area contributed by atoms with Crippen molar-refractivity contribution in [1.29, 1.82) is 0 Å². The Bertz CT molecular complexity index is 1330. The van der Waals surface area contributed by atoms with E-state index in [2.05, 4.69) is 20.3 Å². The zero-order valence-corrected chi connectivity index (χ0v) is 21.4. The number of Topliss-reactive ketones (excluding diaryl/α,β-unsaturated/α-hetero) is 1. The highest BCUT2D eigenvalue weighted by atomic mass is 32.2. The maximum atomic E-state index is 14.8. The first kappa shape index (κ1) is 26.0. The summed E-state index contributed by atoms with van der Waals surface area (Å²) in [5, 5.41) is 23.1. The molecule has 0 fully saturated rings. The molecule has 1 N–H and O–H groups in total. The van der Waals surface area contributed by atoms with Gasteiger partial charge in [0.1, 0.15) is 36.2 Å². The van der Waals surface area contributed by atoms with Crippen molar-refractivity contribution < 1.29 is 18.7 Å². The molecule has 0 radical (unpaired) electrons. The Morgan fingerprint density at radius 3 is 2.50 bits per heavy atom. The van der Waals surface area contributed by atoms with E-state index in [1.165, 1.54) is 46.9 Å². The molecule has 0 aliphatic carbocycles. The summed E-state index contributed by atoms with van der Waals surface area (Å²) >= 11 is 2.63. The van der Waals surface area contributed by atoms with Crippen molar-refractivity contribution in [3.63, 3.8) is 0 Å². The lowest BCUT2D eigenvalue weighted by Crippen LogP contribution is -2.42. The zero-order chi connectivity index (χ0) is 25.9. The Hall–Kier alpha value is -3.09. The molecule has 4 aromatic rings. The third-order valence-corrected chi connectivity index (χ3v) is 8.22. The molecular formula is C24H24F2N6O2S2. The number of hydrogen-bond donors (Lipinski definition) is 1. The van der Waals surface area contributed by atoms with Gasteiger partial charge in [-0.25, -0.2) is 18.4 Å². The zero-order valence-electron chi connectivity index (χ0n) is 19.7. The van der Waals surface area contributed by atoms with Crippen LogP contribution in [0.25, 0.3) is 0 Å². The van der Waals surface area contributed by atoms with Crippen LogP contribution in [0.15, 0.2) is 71.5 Å². The van der Waals surface area contributed by atoms with E-state index in [1.807, 2.05) is 19.2 Å². The Morgan fingerprint density at radius 2 is 1.89 bits per heavy atom. The maximum absolute atomic E-state index is 14.8. The van der Waals surface area contributed by atoms with Gasteiger partial charge in [0.15, 0.2) is 10.9 Å². The molecule has 0 bridgehead atoms. The first-order valence-electron chi connectivity index (χ1n) is 11.0. The van der Waals surface area contributed by atoms with Gasteiger partial charge in [0.25, 0.3) is 0 Å². The van der Waals surface area contributed by atoms with Crippen LogP contribution in [0.5, 0.6) is 0 Å². The molecule has 2 heterocycles. The summed E-state index contributed by atoms with van der Waals surface area (Å²) in [6, 6.07) is 10.2. The number of nitrogens with zero attached hydrogens (tertiary/aromatic N) is 6. The number of thioether (sulfide) groups is 1. The molecule has 3 atom stereocenters. The minimum absolute atomic E-state index is 0.0794. The van der Waals surface area contributed by atoms with Crippen molar-refractivity contribution in [2.24, 2.45) is 7.05 Å². The molecule has 0 spiro atoms. The molecule has 8 nitrogen and oxygen atoms in total. The minimum Gasteiger partial charge on any atom is -0.382 e. The van der Waals surface area contributed by atoms with Crippen molar-refractivity contribution in [2.45, 2.75) is 46.5 Å². The Morgan fingerprint density at radius 1 is 1.14 bits per heavy atom. The van der Waals surface area contributed by atoms with Gasteiger partial charge in [0.05, 0.1) is 11.8 Å². The van der Waals surface area contributed by atoms with Gasteiger partial charge in [-0.05, 0) is 36.9 Å². The number of carbonyl (C=O) groups is 1. The average Bonchev–Trinajstić information content (AvgIpc) is 3.50. The van der Waals surface area contributed by atoms with Gasteiger partial charge in [-0.1, -0.05) is 25.1 Å². The quantitative estimate of drug-likeness (QED) is 0.306. The predicted molar refractivity (Wildman–Crippen MR) is 133 cm³/mol. The highest BCUT2D eigenvalue weighted by molar-refractivity contribution is 8.01. The number of benzene rings is 2. The molecule has 2 aromatic heterocycles. The fraction of sp³-hybridized carbons (Fsp3) is 0.292. The molecule has 0 saturated carbocycles. The van der Waals surface area contributed by atoms with E-state index in [9.17, 15) is 18.7 Å². The van der Waals surface area contributed by atoms with Gasteiger partial charge < -0.3 is 9.67 Å². The molecule has 0 amide bonds. The van der Waals surface area contributed by atoms with Gasteiger partial charge in [-0.3, -0.25) is 4.79 Å². The highest BCUT2D eigenvalue weighted by Crippen LogP contribution is 2.38. The van der Waals surface area contributed by atoms with Crippen molar-refractivity contribution in [1.82, 2.24) is 29.5 Å². The Balaban J connectivity index is 1.51. The lowest BCUT2D eigenvalue weighted by atomic mass is 9.90. The fourth-order valence-corrected chi connectivity index (χ4v) is 5.77. The SMILES string of the molecule is C[C@@H](S[C@H](C)[C@](O)(Cn1cncn1)c1ccc(F)cc1F)C(=O)c1ccc(Sc2nncn2C)cc1. The maximum Gasteiger partial charge on any atom is 0.195 e. The first-order chi connectivity index (χ1) is 17.2. The molecule has 12 heteroatoms. The molecule has 2 aromatic carbocycles. The van der Waals surface area contributed by atoms with E-state index in [0.717, 1.165) is 22.2 Å². The second-order valence-corrected chi connectivity index (χ2v) is 11.0. The van der Waals surface area contributed by atoms with Gasteiger partial charge >= 0.3 is 0 Å². The second kappa shape index (κ2) is 10.9. The number of ketones is 1. The van der Waals surface area contributed by atoms with Crippen LogP contribution < -0.4 is 0 Å². The van der Waals surface area contributed by atoms with E-state index in [-0.39, 0.29) is 17.9 Å². The Labute approximate surface area is 215 Å². The molecule has 188 valence electrons. The lowest BCUT2D eigenvalue weighted by molar-refractivity contribution is 0.0132. The van der Waals surface area contributed by atoms with E-state index < -0.39 is 27.7 Å². The third kappa shape index (κ3) is 5.66. The van der Waals surface area contributed by atoms with Crippen molar-refractivity contribution in [2.75, 3.05) is 0 Å². The number of rotatable bonds is 10. The minimum atomic E-state index is -1.79.